The summed E-state index contributed by atoms with van der Waals surface area (Å²) in [7, 11) is 0. The van der Waals surface area contributed by atoms with Crippen molar-refractivity contribution in [3.8, 4) is 56.4 Å². The maximum Gasteiger partial charge on any atom is 0.164 e. The molecule has 0 unspecified atom stereocenters. The number of fused-ring (bicyclic) bond motifs is 4. The molecule has 0 radical (unpaired) electrons. The zero-order valence-electron chi connectivity index (χ0n) is 32.9. The molecule has 9 aromatic carbocycles. The van der Waals surface area contributed by atoms with E-state index in [4.69, 9.17) is 21.8 Å². The third kappa shape index (κ3) is 5.02. The Kier molecular flexibility index (Phi) is 5.98. The van der Waals surface area contributed by atoms with Crippen LogP contribution < -0.4 is 0 Å². The van der Waals surface area contributed by atoms with Gasteiger partial charge in [0.05, 0.1) is 6.85 Å². The molecule has 3 nitrogen and oxygen atoms in total. The minimum absolute atomic E-state index is 0.00489. The molecule has 0 saturated carbocycles. The molecule has 0 aliphatic rings. The summed E-state index contributed by atoms with van der Waals surface area (Å²) in [6, 6.07) is 52.0. The largest absolute Gasteiger partial charge is 0.208 e. The number of hydrogen-bond acceptors (Lipinski definition) is 3. The molecule has 52 heavy (non-hydrogen) atoms. The summed E-state index contributed by atoms with van der Waals surface area (Å²) in [4.78, 5) is 14.5. The van der Waals surface area contributed by atoms with Gasteiger partial charge in [-0.2, -0.15) is 0 Å². The lowest BCUT2D eigenvalue weighted by atomic mass is 9.84. The van der Waals surface area contributed by atoms with Crippen LogP contribution in [0.25, 0.3) is 99.5 Å². The van der Waals surface area contributed by atoms with Gasteiger partial charge in [0.25, 0.3) is 0 Å². The van der Waals surface area contributed by atoms with Crippen LogP contribution in [-0.4, -0.2) is 15.0 Å². The summed E-state index contributed by atoms with van der Waals surface area (Å²) in [5, 5.41) is 8.86. The van der Waals surface area contributed by atoms with Crippen LogP contribution in [0.3, 0.4) is 0 Å². The molecule has 0 N–H and O–H groups in total. The van der Waals surface area contributed by atoms with Crippen molar-refractivity contribution < 1.29 is 6.85 Å². The molecule has 10 rings (SSSR count). The van der Waals surface area contributed by atoms with Gasteiger partial charge in [0.15, 0.2) is 17.5 Å². The Morgan fingerprint density at radius 2 is 0.827 bits per heavy atom. The molecule has 242 valence electrons. The van der Waals surface area contributed by atoms with Crippen LogP contribution in [0.5, 0.6) is 0 Å². The van der Waals surface area contributed by atoms with E-state index < -0.39 is 18.1 Å². The highest BCUT2D eigenvalue weighted by atomic mass is 15.0. The highest BCUT2D eigenvalue weighted by Gasteiger charge is 2.20. The Balaban J connectivity index is 1.23. The highest BCUT2D eigenvalue weighted by Crippen LogP contribution is 2.46. The van der Waals surface area contributed by atoms with Crippen molar-refractivity contribution in [1.29, 1.82) is 0 Å². The zero-order chi connectivity index (χ0) is 38.8. The van der Waals surface area contributed by atoms with Gasteiger partial charge < -0.3 is 0 Å². The van der Waals surface area contributed by atoms with Gasteiger partial charge in [-0.1, -0.05) is 176 Å². The standard InChI is InChI=1S/C49H31N3/c1-3-16-33(17-4-1)47-50-48(34-18-5-2-6-19-34)52-49(51-47)44-30-29-43(37-21-9-10-22-38(37)44)46-41-25-13-11-23-39(41)45(40-24-12-14-26-42(40)46)36-28-27-32-15-7-8-20-35(32)31-36/h1-31H/i1D,3D,4D,16D,17D. The summed E-state index contributed by atoms with van der Waals surface area (Å²) in [6.45, 7) is 0. The monoisotopic (exact) mass is 666 g/mol. The summed E-state index contributed by atoms with van der Waals surface area (Å²) in [5.41, 5.74) is 5.88. The van der Waals surface area contributed by atoms with Gasteiger partial charge >= 0.3 is 0 Å². The van der Waals surface area contributed by atoms with Crippen molar-refractivity contribution in [3.63, 3.8) is 0 Å². The third-order valence-corrected chi connectivity index (χ3v) is 9.79. The molecular formula is C49H31N3. The lowest BCUT2D eigenvalue weighted by Crippen LogP contribution is -2.00. The second-order valence-corrected chi connectivity index (χ2v) is 12.8. The van der Waals surface area contributed by atoms with Gasteiger partial charge in [-0.25, -0.2) is 15.0 Å². The molecule has 0 atom stereocenters. The number of hydrogen-bond donors (Lipinski definition) is 0. The molecule has 0 fully saturated rings. The Labute approximate surface area is 308 Å². The Bertz CT molecular complexity index is 3170. The molecule has 0 aliphatic carbocycles. The lowest BCUT2D eigenvalue weighted by molar-refractivity contribution is 1.08. The lowest BCUT2D eigenvalue weighted by Gasteiger charge is -2.20. The topological polar surface area (TPSA) is 38.7 Å². The Hall–Kier alpha value is -6.97. The maximum absolute atomic E-state index is 8.74. The van der Waals surface area contributed by atoms with Crippen molar-refractivity contribution >= 4 is 43.1 Å². The van der Waals surface area contributed by atoms with Gasteiger partial charge in [0.1, 0.15) is 0 Å². The SMILES string of the molecule is [2H]c1c([2H])c([2H])c(-c2nc(-c3ccccc3)nc(-c3ccc(-c4c5ccccc5c(-c5ccc6ccccc6c5)c5ccccc45)c4ccccc34)n2)c([2H])c1[2H]. The third-order valence-electron chi connectivity index (χ3n) is 9.79. The van der Waals surface area contributed by atoms with Crippen molar-refractivity contribution in [2.45, 2.75) is 0 Å². The van der Waals surface area contributed by atoms with Gasteiger partial charge in [0.2, 0.25) is 0 Å². The van der Waals surface area contributed by atoms with E-state index in [-0.39, 0.29) is 23.5 Å². The summed E-state index contributed by atoms with van der Waals surface area (Å²) >= 11 is 0. The van der Waals surface area contributed by atoms with E-state index in [2.05, 4.69) is 109 Å². The van der Waals surface area contributed by atoms with E-state index in [0.717, 1.165) is 54.6 Å². The van der Waals surface area contributed by atoms with Crippen LogP contribution in [0.4, 0.5) is 0 Å². The first-order valence-corrected chi connectivity index (χ1v) is 17.2. The normalized spacial score (nSPS) is 12.8. The first kappa shape index (κ1) is 25.1. The van der Waals surface area contributed by atoms with Gasteiger partial charge in [-0.15, -0.1) is 0 Å². The molecule has 1 heterocycles. The van der Waals surface area contributed by atoms with Crippen LogP contribution >= 0.6 is 0 Å². The first-order chi connectivity index (χ1) is 27.9. The number of nitrogens with zero attached hydrogens (tertiary/aromatic N) is 3. The minimum atomic E-state index is -0.474. The molecule has 0 saturated heterocycles. The molecule has 0 aliphatic heterocycles. The second-order valence-electron chi connectivity index (χ2n) is 12.8. The fourth-order valence-electron chi connectivity index (χ4n) is 7.47. The van der Waals surface area contributed by atoms with Gasteiger partial charge in [-0.05, 0) is 77.5 Å². The summed E-state index contributed by atoms with van der Waals surface area (Å²) in [5.74, 6) is 0.664. The average molecular weight is 667 g/mol. The van der Waals surface area contributed by atoms with E-state index in [1.165, 1.54) is 16.3 Å². The second kappa shape index (κ2) is 12.4. The fraction of sp³-hybridized carbons (Fsp3) is 0. The highest BCUT2D eigenvalue weighted by molar-refractivity contribution is 6.24. The molecular weight excluding hydrogens is 631 g/mol. The molecule has 0 spiro atoms. The van der Waals surface area contributed by atoms with Crippen molar-refractivity contribution in [3.05, 3.63) is 188 Å². The summed E-state index contributed by atoms with van der Waals surface area (Å²) < 4.78 is 42.4. The smallest absolute Gasteiger partial charge is 0.164 e. The predicted molar refractivity (Wildman–Crippen MR) is 217 cm³/mol. The summed E-state index contributed by atoms with van der Waals surface area (Å²) in [6.07, 6.45) is 0. The van der Waals surface area contributed by atoms with Crippen LogP contribution in [0, 0.1) is 0 Å². The number of aromatic nitrogens is 3. The molecule has 10 aromatic rings. The van der Waals surface area contributed by atoms with Crippen molar-refractivity contribution in [2.75, 3.05) is 0 Å². The first-order valence-electron chi connectivity index (χ1n) is 19.7. The molecule has 0 bridgehead atoms. The number of rotatable bonds is 5. The number of benzene rings is 9. The molecule has 1 aromatic heterocycles. The van der Waals surface area contributed by atoms with Crippen LogP contribution in [-0.2, 0) is 0 Å². The zero-order valence-corrected chi connectivity index (χ0v) is 27.9. The van der Waals surface area contributed by atoms with E-state index >= 15 is 0 Å². The molecule has 0 amide bonds. The van der Waals surface area contributed by atoms with Crippen LogP contribution in [0.15, 0.2) is 188 Å². The minimum Gasteiger partial charge on any atom is -0.208 e. The quantitative estimate of drug-likeness (QED) is 0.172. The van der Waals surface area contributed by atoms with Crippen LogP contribution in [0.1, 0.15) is 6.85 Å². The Morgan fingerprint density at radius 3 is 1.50 bits per heavy atom. The molecule has 3 heteroatoms. The van der Waals surface area contributed by atoms with E-state index in [0.29, 0.717) is 17.2 Å². The van der Waals surface area contributed by atoms with Crippen LogP contribution in [0.2, 0.25) is 0 Å². The Morgan fingerprint density at radius 1 is 0.327 bits per heavy atom. The predicted octanol–water partition coefficient (Wildman–Crippen LogP) is 12.8. The van der Waals surface area contributed by atoms with Gasteiger partial charge in [-0.3, -0.25) is 0 Å². The van der Waals surface area contributed by atoms with Crippen molar-refractivity contribution in [1.82, 2.24) is 15.0 Å². The maximum atomic E-state index is 8.74. The van der Waals surface area contributed by atoms with E-state index in [1.807, 2.05) is 48.5 Å². The van der Waals surface area contributed by atoms with E-state index in [1.54, 1.807) is 0 Å². The average Bonchev–Trinajstić information content (AvgIpc) is 3.26. The van der Waals surface area contributed by atoms with E-state index in [9.17, 15) is 0 Å². The fourth-order valence-corrected chi connectivity index (χ4v) is 7.47. The van der Waals surface area contributed by atoms with Crippen molar-refractivity contribution in [2.24, 2.45) is 0 Å². The van der Waals surface area contributed by atoms with Gasteiger partial charge in [0, 0.05) is 16.7 Å².